The SMILES string of the molecule is O=C(COC(=O)C(NC(=O)c1ccco1)c1ccccc1)c1ccc(F)c(F)c1. The van der Waals surface area contributed by atoms with Crippen molar-refractivity contribution in [2.45, 2.75) is 6.04 Å². The number of rotatable bonds is 7. The van der Waals surface area contributed by atoms with Crippen LogP contribution in [0.25, 0.3) is 0 Å². The first-order valence-corrected chi connectivity index (χ1v) is 8.50. The third-order valence-electron chi connectivity index (χ3n) is 3.98. The lowest BCUT2D eigenvalue weighted by atomic mass is 10.1. The summed E-state index contributed by atoms with van der Waals surface area (Å²) in [5.74, 6) is -4.55. The lowest BCUT2D eigenvalue weighted by Crippen LogP contribution is -2.35. The minimum atomic E-state index is -1.20. The molecular weight excluding hydrogens is 384 g/mol. The molecule has 3 aromatic rings. The summed E-state index contributed by atoms with van der Waals surface area (Å²) >= 11 is 0. The summed E-state index contributed by atoms with van der Waals surface area (Å²) in [6.45, 7) is -0.705. The van der Waals surface area contributed by atoms with Crippen LogP contribution in [0.2, 0.25) is 0 Å². The Balaban J connectivity index is 1.71. The van der Waals surface area contributed by atoms with Gasteiger partial charge in [-0.05, 0) is 35.9 Å². The van der Waals surface area contributed by atoms with E-state index in [0.717, 1.165) is 18.2 Å². The zero-order chi connectivity index (χ0) is 20.8. The quantitative estimate of drug-likeness (QED) is 0.486. The number of carbonyl (C=O) groups is 3. The van der Waals surface area contributed by atoms with Crippen molar-refractivity contribution < 1.29 is 32.3 Å². The predicted octanol–water partition coefficient (Wildman–Crippen LogP) is 3.46. The highest BCUT2D eigenvalue weighted by Gasteiger charge is 2.26. The monoisotopic (exact) mass is 399 g/mol. The van der Waals surface area contributed by atoms with Gasteiger partial charge < -0.3 is 14.5 Å². The Kier molecular flexibility index (Phi) is 6.13. The number of carbonyl (C=O) groups excluding carboxylic acids is 3. The van der Waals surface area contributed by atoms with Crippen molar-refractivity contribution in [3.63, 3.8) is 0 Å². The van der Waals surface area contributed by atoms with Gasteiger partial charge in [0.25, 0.3) is 5.91 Å². The fourth-order valence-electron chi connectivity index (χ4n) is 2.51. The maximum atomic E-state index is 13.3. The van der Waals surface area contributed by atoms with Gasteiger partial charge in [-0.3, -0.25) is 9.59 Å². The smallest absolute Gasteiger partial charge is 0.333 e. The minimum Gasteiger partial charge on any atom is -0.459 e. The van der Waals surface area contributed by atoms with E-state index < -0.39 is 41.9 Å². The second kappa shape index (κ2) is 8.92. The van der Waals surface area contributed by atoms with E-state index >= 15 is 0 Å². The number of hydrogen-bond donors (Lipinski definition) is 1. The Morgan fingerprint density at radius 1 is 0.966 bits per heavy atom. The molecule has 2 aromatic carbocycles. The number of halogens is 2. The first-order chi connectivity index (χ1) is 14.0. The molecule has 0 bridgehead atoms. The molecule has 148 valence electrons. The summed E-state index contributed by atoms with van der Waals surface area (Å²) in [4.78, 5) is 36.9. The standard InChI is InChI=1S/C21H15F2NO5/c22-15-9-8-14(11-16(15)23)17(25)12-29-21(27)19(13-5-2-1-3-6-13)24-20(26)18-7-4-10-28-18/h1-11,19H,12H2,(H,24,26). The molecule has 29 heavy (non-hydrogen) atoms. The minimum absolute atomic E-state index is 0.00315. The molecule has 6 nitrogen and oxygen atoms in total. The molecular formula is C21H15F2NO5. The zero-order valence-electron chi connectivity index (χ0n) is 14.9. The molecule has 8 heteroatoms. The summed E-state index contributed by atoms with van der Waals surface area (Å²) in [6, 6.07) is 12.6. The van der Waals surface area contributed by atoms with Crippen molar-refractivity contribution in [3.05, 3.63) is 95.4 Å². The van der Waals surface area contributed by atoms with E-state index in [9.17, 15) is 23.2 Å². The average molecular weight is 399 g/mol. The maximum absolute atomic E-state index is 13.3. The molecule has 3 rings (SSSR count). The summed E-state index contributed by atoms with van der Waals surface area (Å²) in [7, 11) is 0. The third-order valence-corrected chi connectivity index (χ3v) is 3.98. The Hall–Kier alpha value is -3.81. The highest BCUT2D eigenvalue weighted by molar-refractivity contribution is 5.99. The van der Waals surface area contributed by atoms with Crippen LogP contribution in [0.1, 0.15) is 32.5 Å². The molecule has 0 spiro atoms. The van der Waals surface area contributed by atoms with Crippen LogP contribution in [0.4, 0.5) is 8.78 Å². The summed E-state index contributed by atoms with van der Waals surface area (Å²) in [5, 5.41) is 2.49. The topological polar surface area (TPSA) is 85.6 Å². The molecule has 0 fully saturated rings. The average Bonchev–Trinajstić information content (AvgIpc) is 3.27. The number of Topliss-reactive ketones (excluding diaryl/α,β-unsaturated/α-hetero) is 1. The van der Waals surface area contributed by atoms with Gasteiger partial charge in [-0.15, -0.1) is 0 Å². The van der Waals surface area contributed by atoms with Gasteiger partial charge in [0.15, 0.2) is 35.8 Å². The molecule has 1 N–H and O–H groups in total. The Labute approximate surface area is 164 Å². The van der Waals surface area contributed by atoms with E-state index in [0.29, 0.717) is 5.56 Å². The zero-order valence-corrected chi connectivity index (χ0v) is 14.9. The third kappa shape index (κ3) is 4.92. The highest BCUT2D eigenvalue weighted by atomic mass is 19.2. The van der Waals surface area contributed by atoms with Crippen LogP contribution in [0.3, 0.4) is 0 Å². The second-order valence-electron chi connectivity index (χ2n) is 5.95. The first-order valence-electron chi connectivity index (χ1n) is 8.50. The fraction of sp³-hybridized carbons (Fsp3) is 0.0952. The first kappa shape index (κ1) is 19.9. The van der Waals surface area contributed by atoms with Crippen molar-refractivity contribution in [2.24, 2.45) is 0 Å². The van der Waals surface area contributed by atoms with E-state index in [1.54, 1.807) is 30.3 Å². The Bertz CT molecular complexity index is 1020. The van der Waals surface area contributed by atoms with Crippen LogP contribution in [0, 0.1) is 11.6 Å². The van der Waals surface area contributed by atoms with Gasteiger partial charge in [0.05, 0.1) is 6.26 Å². The maximum Gasteiger partial charge on any atom is 0.333 e. The van der Waals surface area contributed by atoms with E-state index in [1.165, 1.54) is 18.4 Å². The molecule has 0 saturated heterocycles. The van der Waals surface area contributed by atoms with Crippen molar-refractivity contribution in [2.75, 3.05) is 6.61 Å². The summed E-state index contributed by atoms with van der Waals surface area (Å²) in [5.41, 5.74) is 0.283. The van der Waals surface area contributed by atoms with E-state index in [-0.39, 0.29) is 11.3 Å². The fourth-order valence-corrected chi connectivity index (χ4v) is 2.51. The largest absolute Gasteiger partial charge is 0.459 e. The summed E-state index contributed by atoms with van der Waals surface area (Å²) in [6.07, 6.45) is 1.31. The van der Waals surface area contributed by atoms with Crippen molar-refractivity contribution >= 4 is 17.7 Å². The Morgan fingerprint density at radius 2 is 1.72 bits per heavy atom. The van der Waals surface area contributed by atoms with Gasteiger partial charge in [-0.1, -0.05) is 30.3 Å². The number of ether oxygens (including phenoxy) is 1. The van der Waals surface area contributed by atoms with Crippen LogP contribution in [-0.2, 0) is 9.53 Å². The molecule has 1 atom stereocenters. The van der Waals surface area contributed by atoms with Crippen molar-refractivity contribution in [1.29, 1.82) is 0 Å². The Morgan fingerprint density at radius 3 is 2.38 bits per heavy atom. The molecule has 0 aliphatic heterocycles. The predicted molar refractivity (Wildman–Crippen MR) is 97.0 cm³/mol. The van der Waals surface area contributed by atoms with E-state index in [1.807, 2.05) is 0 Å². The molecule has 1 aromatic heterocycles. The number of nitrogens with one attached hydrogen (secondary N) is 1. The van der Waals surface area contributed by atoms with Crippen LogP contribution < -0.4 is 5.32 Å². The molecule has 0 aliphatic carbocycles. The molecule has 1 heterocycles. The normalized spacial score (nSPS) is 11.5. The number of esters is 1. The number of furan rings is 1. The van der Waals surface area contributed by atoms with Crippen LogP contribution in [0.5, 0.6) is 0 Å². The van der Waals surface area contributed by atoms with Gasteiger partial charge in [0.1, 0.15) is 0 Å². The lowest BCUT2D eigenvalue weighted by Gasteiger charge is -2.17. The number of hydrogen-bond acceptors (Lipinski definition) is 5. The van der Waals surface area contributed by atoms with Gasteiger partial charge in [0, 0.05) is 5.56 Å². The second-order valence-corrected chi connectivity index (χ2v) is 5.95. The molecule has 0 aliphatic rings. The molecule has 0 saturated carbocycles. The van der Waals surface area contributed by atoms with Gasteiger partial charge in [-0.2, -0.15) is 0 Å². The van der Waals surface area contributed by atoms with Crippen molar-refractivity contribution in [1.82, 2.24) is 5.32 Å². The lowest BCUT2D eigenvalue weighted by molar-refractivity contribution is -0.145. The van der Waals surface area contributed by atoms with Crippen LogP contribution >= 0.6 is 0 Å². The number of benzene rings is 2. The molecule has 1 unspecified atom stereocenters. The van der Waals surface area contributed by atoms with Crippen molar-refractivity contribution in [3.8, 4) is 0 Å². The van der Waals surface area contributed by atoms with Crippen LogP contribution in [-0.4, -0.2) is 24.3 Å². The van der Waals surface area contributed by atoms with E-state index in [2.05, 4.69) is 5.32 Å². The van der Waals surface area contributed by atoms with Gasteiger partial charge >= 0.3 is 5.97 Å². The number of ketones is 1. The number of amides is 1. The highest BCUT2D eigenvalue weighted by Crippen LogP contribution is 2.16. The van der Waals surface area contributed by atoms with Crippen LogP contribution in [0.15, 0.2) is 71.3 Å². The van der Waals surface area contributed by atoms with E-state index in [4.69, 9.17) is 9.15 Å². The molecule has 1 amide bonds. The van der Waals surface area contributed by atoms with Gasteiger partial charge in [0.2, 0.25) is 0 Å². The molecule has 0 radical (unpaired) electrons. The summed E-state index contributed by atoms with van der Waals surface area (Å²) < 4.78 is 36.3. The van der Waals surface area contributed by atoms with Gasteiger partial charge in [-0.25, -0.2) is 13.6 Å².